The molecule has 0 amide bonds. The van der Waals surface area contributed by atoms with Crippen LogP contribution in [0.25, 0.3) is 16.7 Å². The van der Waals surface area contributed by atoms with Gasteiger partial charge in [-0.25, -0.2) is 4.39 Å². The van der Waals surface area contributed by atoms with Gasteiger partial charge in [0.05, 0.1) is 21.2 Å². The molecule has 3 aromatic rings. The molecule has 7 heteroatoms. The van der Waals surface area contributed by atoms with Gasteiger partial charge in [0.25, 0.3) is 0 Å². The lowest BCUT2D eigenvalue weighted by Crippen LogP contribution is -1.94. The second-order valence-corrected chi connectivity index (χ2v) is 5.83. The van der Waals surface area contributed by atoms with Crippen LogP contribution in [-0.2, 0) is 0 Å². The SMILES string of the molecule is Fc1cc2[nH]c(=S)n(-c3ccc4c(c3)OCO4)c2cc1Br. The second-order valence-electron chi connectivity index (χ2n) is 4.59. The Balaban J connectivity index is 2.00. The number of imidazole rings is 1. The highest BCUT2D eigenvalue weighted by atomic mass is 79.9. The average Bonchev–Trinajstić information content (AvgIpc) is 3.02. The maximum atomic E-state index is 13.6. The van der Waals surface area contributed by atoms with E-state index in [4.69, 9.17) is 21.7 Å². The third kappa shape index (κ3) is 1.96. The number of hydrogen-bond acceptors (Lipinski definition) is 3. The van der Waals surface area contributed by atoms with E-state index < -0.39 is 0 Å². The second kappa shape index (κ2) is 4.57. The van der Waals surface area contributed by atoms with E-state index in [9.17, 15) is 4.39 Å². The lowest BCUT2D eigenvalue weighted by atomic mass is 10.2. The molecule has 2 aromatic carbocycles. The van der Waals surface area contributed by atoms with E-state index in [1.54, 1.807) is 6.07 Å². The summed E-state index contributed by atoms with van der Waals surface area (Å²) in [6.45, 7) is 0.217. The van der Waals surface area contributed by atoms with Crippen molar-refractivity contribution < 1.29 is 13.9 Å². The summed E-state index contributed by atoms with van der Waals surface area (Å²) < 4.78 is 27.0. The van der Waals surface area contributed by atoms with E-state index in [-0.39, 0.29) is 12.6 Å². The number of rotatable bonds is 1. The van der Waals surface area contributed by atoms with Gasteiger partial charge in [0, 0.05) is 12.1 Å². The Morgan fingerprint density at radius 2 is 2.00 bits per heavy atom. The largest absolute Gasteiger partial charge is 0.454 e. The molecule has 106 valence electrons. The quantitative estimate of drug-likeness (QED) is 0.652. The molecule has 0 atom stereocenters. The molecule has 0 fully saturated rings. The number of nitrogens with one attached hydrogen (secondary N) is 1. The van der Waals surface area contributed by atoms with Crippen LogP contribution in [0.5, 0.6) is 11.5 Å². The molecule has 2 heterocycles. The van der Waals surface area contributed by atoms with Gasteiger partial charge in [-0.05, 0) is 46.3 Å². The van der Waals surface area contributed by atoms with E-state index in [0.29, 0.717) is 26.3 Å². The summed E-state index contributed by atoms with van der Waals surface area (Å²) in [7, 11) is 0. The Bertz CT molecular complexity index is 935. The fraction of sp³-hybridized carbons (Fsp3) is 0.0714. The van der Waals surface area contributed by atoms with Crippen LogP contribution in [0.15, 0.2) is 34.8 Å². The monoisotopic (exact) mass is 366 g/mol. The number of aromatic nitrogens is 2. The molecule has 4 rings (SSSR count). The number of benzene rings is 2. The highest BCUT2D eigenvalue weighted by Crippen LogP contribution is 2.35. The zero-order valence-corrected chi connectivity index (χ0v) is 12.9. The number of aromatic amines is 1. The minimum Gasteiger partial charge on any atom is -0.454 e. The van der Waals surface area contributed by atoms with Crippen molar-refractivity contribution in [3.05, 3.63) is 45.4 Å². The van der Waals surface area contributed by atoms with E-state index in [0.717, 1.165) is 11.2 Å². The summed E-state index contributed by atoms with van der Waals surface area (Å²) in [5.41, 5.74) is 2.25. The summed E-state index contributed by atoms with van der Waals surface area (Å²) >= 11 is 8.55. The van der Waals surface area contributed by atoms with Crippen LogP contribution in [0.2, 0.25) is 0 Å². The Kier molecular flexibility index (Phi) is 2.80. The Morgan fingerprint density at radius 3 is 2.86 bits per heavy atom. The fourth-order valence-corrected chi connectivity index (χ4v) is 3.03. The molecule has 1 aliphatic heterocycles. The van der Waals surface area contributed by atoms with Gasteiger partial charge in [-0.15, -0.1) is 0 Å². The molecule has 1 aromatic heterocycles. The van der Waals surface area contributed by atoms with Crippen LogP contribution in [0.4, 0.5) is 4.39 Å². The summed E-state index contributed by atoms with van der Waals surface area (Å²) in [6.07, 6.45) is 0. The van der Waals surface area contributed by atoms with Gasteiger partial charge in [0.15, 0.2) is 16.3 Å². The molecule has 0 saturated carbocycles. The minimum atomic E-state index is -0.336. The topological polar surface area (TPSA) is 39.2 Å². The van der Waals surface area contributed by atoms with Crippen molar-refractivity contribution in [2.75, 3.05) is 6.79 Å². The lowest BCUT2D eigenvalue weighted by Gasteiger charge is -2.06. The van der Waals surface area contributed by atoms with Crippen molar-refractivity contribution in [2.45, 2.75) is 0 Å². The number of fused-ring (bicyclic) bond motifs is 2. The van der Waals surface area contributed by atoms with E-state index in [1.165, 1.54) is 6.07 Å². The fourth-order valence-electron chi connectivity index (χ4n) is 2.38. The molecule has 0 bridgehead atoms. The number of nitrogens with zero attached hydrogens (tertiary/aromatic N) is 1. The van der Waals surface area contributed by atoms with Crippen molar-refractivity contribution in [1.29, 1.82) is 0 Å². The summed E-state index contributed by atoms with van der Waals surface area (Å²) in [4.78, 5) is 3.01. The first-order valence-corrected chi connectivity index (χ1v) is 7.33. The van der Waals surface area contributed by atoms with Crippen molar-refractivity contribution in [3.8, 4) is 17.2 Å². The van der Waals surface area contributed by atoms with Crippen molar-refractivity contribution in [2.24, 2.45) is 0 Å². The minimum absolute atomic E-state index is 0.217. The summed E-state index contributed by atoms with van der Waals surface area (Å²) in [6, 6.07) is 8.67. The van der Waals surface area contributed by atoms with Crippen molar-refractivity contribution in [1.82, 2.24) is 9.55 Å². The van der Waals surface area contributed by atoms with Crippen LogP contribution in [0.3, 0.4) is 0 Å². The van der Waals surface area contributed by atoms with E-state index in [2.05, 4.69) is 20.9 Å². The van der Waals surface area contributed by atoms with Crippen LogP contribution in [0, 0.1) is 10.6 Å². The van der Waals surface area contributed by atoms with E-state index in [1.807, 2.05) is 22.8 Å². The van der Waals surface area contributed by atoms with E-state index >= 15 is 0 Å². The van der Waals surface area contributed by atoms with Gasteiger partial charge in [0.1, 0.15) is 5.82 Å². The maximum absolute atomic E-state index is 13.6. The van der Waals surface area contributed by atoms with Crippen LogP contribution in [0.1, 0.15) is 0 Å². The standard InChI is InChI=1S/C14H8BrFN2O2S/c15-8-4-11-10(5-9(8)16)17-14(21)18(11)7-1-2-12-13(3-7)20-6-19-12/h1-5H,6H2,(H,17,21). The van der Waals surface area contributed by atoms with Gasteiger partial charge >= 0.3 is 0 Å². The third-order valence-electron chi connectivity index (χ3n) is 3.34. The maximum Gasteiger partial charge on any atom is 0.231 e. The molecule has 4 nitrogen and oxygen atoms in total. The zero-order valence-electron chi connectivity index (χ0n) is 10.5. The summed E-state index contributed by atoms with van der Waals surface area (Å²) in [5.74, 6) is 1.04. The van der Waals surface area contributed by atoms with Crippen LogP contribution in [-0.4, -0.2) is 16.3 Å². The number of H-pyrrole nitrogens is 1. The first-order chi connectivity index (χ1) is 10.1. The molecular weight excluding hydrogens is 359 g/mol. The Hall–Kier alpha value is -1.86. The molecule has 0 unspecified atom stereocenters. The highest BCUT2D eigenvalue weighted by molar-refractivity contribution is 9.10. The molecule has 0 spiro atoms. The van der Waals surface area contributed by atoms with Crippen molar-refractivity contribution >= 4 is 39.2 Å². The molecular formula is C14H8BrFN2O2S. The molecule has 21 heavy (non-hydrogen) atoms. The summed E-state index contributed by atoms with van der Waals surface area (Å²) in [5, 5.41) is 0. The molecule has 0 aliphatic carbocycles. The van der Waals surface area contributed by atoms with Gasteiger partial charge in [0.2, 0.25) is 6.79 Å². The normalized spacial score (nSPS) is 13.0. The predicted molar refractivity (Wildman–Crippen MR) is 82.2 cm³/mol. The Morgan fingerprint density at radius 1 is 1.19 bits per heavy atom. The first kappa shape index (κ1) is 12.8. The number of halogens is 2. The molecule has 0 radical (unpaired) electrons. The number of ether oxygens (including phenoxy) is 2. The molecule has 1 aliphatic rings. The van der Waals surface area contributed by atoms with Gasteiger partial charge in [-0.2, -0.15) is 0 Å². The third-order valence-corrected chi connectivity index (χ3v) is 4.23. The Labute approximate surface area is 132 Å². The van der Waals surface area contributed by atoms with Crippen LogP contribution < -0.4 is 9.47 Å². The smallest absolute Gasteiger partial charge is 0.231 e. The van der Waals surface area contributed by atoms with Crippen molar-refractivity contribution in [3.63, 3.8) is 0 Å². The zero-order chi connectivity index (χ0) is 14.6. The molecule has 1 N–H and O–H groups in total. The first-order valence-electron chi connectivity index (χ1n) is 6.13. The van der Waals surface area contributed by atoms with Crippen LogP contribution >= 0.6 is 28.1 Å². The number of hydrogen-bond donors (Lipinski definition) is 1. The van der Waals surface area contributed by atoms with Gasteiger partial charge < -0.3 is 14.5 Å². The van der Waals surface area contributed by atoms with Gasteiger partial charge in [-0.3, -0.25) is 4.57 Å². The lowest BCUT2D eigenvalue weighted by molar-refractivity contribution is 0.174. The predicted octanol–water partition coefficient (Wildman–Crippen LogP) is 4.32. The average molecular weight is 367 g/mol. The van der Waals surface area contributed by atoms with Gasteiger partial charge in [-0.1, -0.05) is 0 Å². The highest BCUT2D eigenvalue weighted by Gasteiger charge is 2.16. The molecule has 0 saturated heterocycles.